The second kappa shape index (κ2) is 7.83. The monoisotopic (exact) mass is 354 g/mol. The molecule has 0 fully saturated rings. The van der Waals surface area contributed by atoms with Crippen molar-refractivity contribution in [1.29, 1.82) is 0 Å². The summed E-state index contributed by atoms with van der Waals surface area (Å²) < 4.78 is 5.27. The first kappa shape index (κ1) is 17.2. The Morgan fingerprint density at radius 2 is 1.81 bits per heavy atom. The van der Waals surface area contributed by atoms with Gasteiger partial charge in [-0.05, 0) is 31.0 Å². The van der Waals surface area contributed by atoms with Crippen molar-refractivity contribution in [3.8, 4) is 0 Å². The fourth-order valence-electron chi connectivity index (χ4n) is 1.76. The molecule has 0 bridgehead atoms. The van der Waals surface area contributed by atoms with E-state index >= 15 is 0 Å². The maximum atomic E-state index is 12.1. The molecular formula is C15H15BrO5. The zero-order chi connectivity index (χ0) is 16.0. The van der Waals surface area contributed by atoms with Gasteiger partial charge in [-0.15, -0.1) is 0 Å². The minimum atomic E-state index is -1.29. The van der Waals surface area contributed by atoms with E-state index in [0.717, 1.165) is 10.0 Å². The van der Waals surface area contributed by atoms with Crippen LogP contribution >= 0.6 is 15.9 Å². The fourth-order valence-corrected chi connectivity index (χ4v) is 2.17. The summed E-state index contributed by atoms with van der Waals surface area (Å²) in [4.78, 5) is 46.3. The number of ketones is 3. The summed E-state index contributed by atoms with van der Waals surface area (Å²) in [5.74, 6) is -4.05. The molecule has 0 aliphatic heterocycles. The van der Waals surface area contributed by atoms with E-state index in [-0.39, 0.29) is 6.61 Å². The first-order valence-electron chi connectivity index (χ1n) is 6.46. The third-order valence-electron chi connectivity index (χ3n) is 2.78. The molecule has 0 N–H and O–H groups in total. The first-order chi connectivity index (χ1) is 9.90. The number of esters is 1. The molecule has 1 aromatic carbocycles. The molecule has 0 spiro atoms. The third kappa shape index (κ3) is 4.60. The van der Waals surface area contributed by atoms with E-state index in [0.29, 0.717) is 12.0 Å². The molecular weight excluding hydrogens is 340 g/mol. The molecule has 5 nitrogen and oxygen atoms in total. The number of Topliss-reactive ketones (excluding diaryl/α,β-unsaturated/α-hetero) is 3. The van der Waals surface area contributed by atoms with Crippen LogP contribution in [0.15, 0.2) is 22.7 Å². The van der Waals surface area contributed by atoms with Gasteiger partial charge in [-0.1, -0.05) is 28.9 Å². The lowest BCUT2D eigenvalue weighted by atomic mass is 9.98. The Bertz CT molecular complexity index is 592. The molecule has 0 amide bonds. The van der Waals surface area contributed by atoms with E-state index in [2.05, 4.69) is 20.7 Å². The Labute approximate surface area is 130 Å². The summed E-state index contributed by atoms with van der Waals surface area (Å²) in [6.07, 6.45) is -0.0210. The molecule has 112 valence electrons. The Hall–Kier alpha value is -1.82. The molecule has 1 aromatic rings. The van der Waals surface area contributed by atoms with E-state index in [4.69, 9.17) is 0 Å². The normalized spacial score (nSPS) is 10.0. The van der Waals surface area contributed by atoms with Crippen LogP contribution in [0.2, 0.25) is 0 Å². The first-order valence-corrected chi connectivity index (χ1v) is 7.25. The summed E-state index contributed by atoms with van der Waals surface area (Å²) in [7, 11) is 0. The van der Waals surface area contributed by atoms with Gasteiger partial charge in [-0.25, -0.2) is 4.79 Å². The van der Waals surface area contributed by atoms with Gasteiger partial charge in [0.1, 0.15) is 0 Å². The van der Waals surface area contributed by atoms with Crippen molar-refractivity contribution < 1.29 is 23.9 Å². The number of carbonyl (C=O) groups is 4. The molecule has 0 radical (unpaired) electrons. The molecule has 1 rings (SSSR count). The number of hydrogen-bond donors (Lipinski definition) is 0. The van der Waals surface area contributed by atoms with Crippen molar-refractivity contribution in [1.82, 2.24) is 0 Å². The second-order valence-corrected chi connectivity index (χ2v) is 5.14. The summed E-state index contributed by atoms with van der Waals surface area (Å²) in [5.41, 5.74) is 1.15. The summed E-state index contributed by atoms with van der Waals surface area (Å²) >= 11 is 3.30. The molecule has 0 unspecified atom stereocenters. The van der Waals surface area contributed by atoms with Gasteiger partial charge in [0, 0.05) is 10.0 Å². The van der Waals surface area contributed by atoms with E-state index in [1.165, 1.54) is 6.92 Å². The number of benzene rings is 1. The average Bonchev–Trinajstić information content (AvgIpc) is 2.46. The minimum absolute atomic E-state index is 0.00149. The van der Waals surface area contributed by atoms with Gasteiger partial charge < -0.3 is 4.74 Å². The van der Waals surface area contributed by atoms with E-state index in [9.17, 15) is 19.2 Å². The zero-order valence-electron chi connectivity index (χ0n) is 11.8. The van der Waals surface area contributed by atoms with Crippen molar-refractivity contribution in [2.24, 2.45) is 0 Å². The van der Waals surface area contributed by atoms with Crippen molar-refractivity contribution in [3.63, 3.8) is 0 Å². The van der Waals surface area contributed by atoms with Gasteiger partial charge >= 0.3 is 11.8 Å². The van der Waals surface area contributed by atoms with Gasteiger partial charge in [0.2, 0.25) is 5.78 Å². The lowest BCUT2D eigenvalue weighted by Gasteiger charge is -2.07. The lowest BCUT2D eigenvalue weighted by Crippen LogP contribution is -2.28. The van der Waals surface area contributed by atoms with E-state index in [1.807, 2.05) is 6.92 Å². The van der Waals surface area contributed by atoms with Crippen molar-refractivity contribution in [2.45, 2.75) is 26.7 Å². The molecule has 0 aliphatic carbocycles. The van der Waals surface area contributed by atoms with E-state index in [1.54, 1.807) is 18.2 Å². The highest BCUT2D eigenvalue weighted by atomic mass is 79.9. The van der Waals surface area contributed by atoms with Crippen LogP contribution < -0.4 is 0 Å². The smallest absolute Gasteiger partial charge is 0.382 e. The van der Waals surface area contributed by atoms with Crippen LogP contribution in [-0.4, -0.2) is 29.9 Å². The van der Waals surface area contributed by atoms with Crippen LogP contribution in [0.5, 0.6) is 0 Å². The van der Waals surface area contributed by atoms with Crippen molar-refractivity contribution >= 4 is 39.2 Å². The molecule has 0 saturated carbocycles. The van der Waals surface area contributed by atoms with Crippen LogP contribution in [0.3, 0.4) is 0 Å². The molecule has 6 heteroatoms. The third-order valence-corrected chi connectivity index (χ3v) is 3.28. The molecule has 21 heavy (non-hydrogen) atoms. The molecule has 0 atom stereocenters. The SMILES string of the molecule is CCOC(=O)C(=O)C(=O)CC(=O)c1ccc(Br)cc1CC. The van der Waals surface area contributed by atoms with Crippen LogP contribution in [0.25, 0.3) is 0 Å². The Balaban J connectivity index is 2.84. The number of hydrogen-bond acceptors (Lipinski definition) is 5. The predicted octanol–water partition coefficient (Wildman–Crippen LogP) is 2.29. The zero-order valence-corrected chi connectivity index (χ0v) is 13.4. The molecule has 0 saturated heterocycles. The number of rotatable bonds is 7. The highest BCUT2D eigenvalue weighted by Crippen LogP contribution is 2.19. The van der Waals surface area contributed by atoms with Gasteiger partial charge in [-0.3, -0.25) is 14.4 Å². The summed E-state index contributed by atoms with van der Waals surface area (Å²) in [6.45, 7) is 3.40. The highest BCUT2D eigenvalue weighted by Gasteiger charge is 2.27. The molecule has 0 aliphatic rings. The van der Waals surface area contributed by atoms with E-state index < -0.39 is 29.7 Å². The van der Waals surface area contributed by atoms with Crippen LogP contribution in [0.4, 0.5) is 0 Å². The maximum absolute atomic E-state index is 12.1. The Morgan fingerprint density at radius 1 is 1.14 bits per heavy atom. The Morgan fingerprint density at radius 3 is 2.38 bits per heavy atom. The minimum Gasteiger partial charge on any atom is -0.460 e. The molecule has 0 heterocycles. The van der Waals surface area contributed by atoms with Crippen molar-refractivity contribution in [2.75, 3.05) is 6.61 Å². The predicted molar refractivity (Wildman–Crippen MR) is 79.1 cm³/mol. The van der Waals surface area contributed by atoms with Crippen LogP contribution in [-0.2, 0) is 25.5 Å². The van der Waals surface area contributed by atoms with Crippen molar-refractivity contribution in [3.05, 3.63) is 33.8 Å². The van der Waals surface area contributed by atoms with Crippen LogP contribution in [0.1, 0.15) is 36.2 Å². The Kier molecular flexibility index (Phi) is 6.42. The van der Waals surface area contributed by atoms with Gasteiger partial charge in [-0.2, -0.15) is 0 Å². The standard InChI is InChI=1S/C15H15BrO5/c1-3-9-7-10(16)5-6-11(9)12(17)8-13(18)14(19)15(20)21-4-2/h5-7H,3-4,8H2,1-2H3. The highest BCUT2D eigenvalue weighted by molar-refractivity contribution is 9.10. The second-order valence-electron chi connectivity index (χ2n) is 4.23. The number of ether oxygens (including phenoxy) is 1. The number of halogens is 1. The summed E-state index contributed by atoms with van der Waals surface area (Å²) in [6, 6.07) is 5.06. The van der Waals surface area contributed by atoms with Gasteiger partial charge in [0.15, 0.2) is 5.78 Å². The average molecular weight is 355 g/mol. The maximum Gasteiger partial charge on any atom is 0.382 e. The summed E-state index contributed by atoms with van der Waals surface area (Å²) in [5, 5.41) is 0. The van der Waals surface area contributed by atoms with Gasteiger partial charge in [0.05, 0.1) is 13.0 Å². The quantitative estimate of drug-likeness (QED) is 0.325. The number of carbonyl (C=O) groups excluding carboxylic acids is 4. The topological polar surface area (TPSA) is 77.5 Å². The van der Waals surface area contributed by atoms with Gasteiger partial charge in [0.25, 0.3) is 0 Å². The largest absolute Gasteiger partial charge is 0.460 e. The fraction of sp³-hybridized carbons (Fsp3) is 0.333. The molecule has 0 aromatic heterocycles. The van der Waals surface area contributed by atoms with Crippen LogP contribution in [0, 0.1) is 0 Å². The number of aryl methyl sites for hydroxylation is 1. The lowest BCUT2D eigenvalue weighted by molar-refractivity contribution is -0.156.